The predicted octanol–water partition coefficient (Wildman–Crippen LogP) is 3.43. The molecule has 0 radical (unpaired) electrons. The van der Waals surface area contributed by atoms with E-state index in [1.54, 1.807) is 12.1 Å². The molecular weight excluding hydrogens is 454 g/mol. The first kappa shape index (κ1) is 21.2. The summed E-state index contributed by atoms with van der Waals surface area (Å²) in [5.74, 6) is -0.583. The van der Waals surface area contributed by atoms with Crippen LogP contribution in [0.3, 0.4) is 0 Å². The first-order valence-electron chi connectivity index (χ1n) is 9.12. The van der Waals surface area contributed by atoms with E-state index in [2.05, 4.69) is 20.0 Å². The van der Waals surface area contributed by atoms with Crippen LogP contribution in [0.5, 0.6) is 0 Å². The highest BCUT2D eigenvalue weighted by Gasteiger charge is 2.20. The van der Waals surface area contributed by atoms with E-state index in [4.69, 9.17) is 16.9 Å². The molecule has 4 rings (SSSR count). The number of nitrogens with one attached hydrogen (secondary N) is 4. The van der Waals surface area contributed by atoms with Crippen molar-refractivity contribution in [3.05, 3.63) is 87.3 Å². The number of fused-ring (bicyclic) bond motifs is 1. The minimum Gasteiger partial charge on any atom is -0.322 e. The molecular formula is C21H14ClN5O4S. The number of halogens is 1. The Morgan fingerprint density at radius 3 is 2.53 bits per heavy atom. The average molecular weight is 468 g/mol. The van der Waals surface area contributed by atoms with Crippen LogP contribution in [-0.4, -0.2) is 24.3 Å². The Hall–Kier alpha value is -4.07. The number of H-pyrrole nitrogens is 2. The molecule has 0 atom stereocenters. The number of nitriles is 1. The number of aromatic nitrogens is 2. The summed E-state index contributed by atoms with van der Waals surface area (Å²) >= 11 is 5.91. The Labute approximate surface area is 186 Å². The maximum absolute atomic E-state index is 12.9. The Balaban J connectivity index is 1.63. The van der Waals surface area contributed by atoms with Crippen LogP contribution in [0.15, 0.2) is 70.4 Å². The number of para-hydroxylation sites is 1. The normalized spacial score (nSPS) is 11.1. The third-order valence-corrected chi connectivity index (χ3v) is 6.25. The van der Waals surface area contributed by atoms with Crippen LogP contribution < -0.4 is 15.7 Å². The number of carbonyl (C=O) groups is 1. The second kappa shape index (κ2) is 8.22. The van der Waals surface area contributed by atoms with Crippen LogP contribution >= 0.6 is 11.6 Å². The summed E-state index contributed by atoms with van der Waals surface area (Å²) < 4.78 is 28.2. The SMILES string of the molecule is N#Cc1cc(NC(=O)c2ccccc2NS(=O)(=O)c2ccc3[nH]c(=O)[nH]c3c2)ccc1Cl. The molecule has 1 heterocycles. The van der Waals surface area contributed by atoms with Crippen molar-refractivity contribution in [3.63, 3.8) is 0 Å². The smallest absolute Gasteiger partial charge is 0.322 e. The van der Waals surface area contributed by atoms with Gasteiger partial charge in [0.25, 0.3) is 15.9 Å². The van der Waals surface area contributed by atoms with Gasteiger partial charge in [-0.1, -0.05) is 23.7 Å². The van der Waals surface area contributed by atoms with Gasteiger partial charge < -0.3 is 15.3 Å². The summed E-state index contributed by atoms with van der Waals surface area (Å²) in [6.07, 6.45) is 0. The van der Waals surface area contributed by atoms with Crippen molar-refractivity contribution in [1.29, 1.82) is 5.26 Å². The molecule has 0 aliphatic heterocycles. The van der Waals surface area contributed by atoms with Crippen molar-refractivity contribution in [1.82, 2.24) is 9.97 Å². The Kier molecular flexibility index (Phi) is 5.44. The molecule has 0 aliphatic rings. The molecule has 4 N–H and O–H groups in total. The number of anilines is 2. The molecule has 1 aromatic heterocycles. The summed E-state index contributed by atoms with van der Waals surface area (Å²) in [5, 5.41) is 12.0. The highest BCUT2D eigenvalue weighted by Crippen LogP contribution is 2.24. The van der Waals surface area contributed by atoms with E-state index in [0.29, 0.717) is 16.7 Å². The van der Waals surface area contributed by atoms with Gasteiger partial charge in [-0.25, -0.2) is 13.2 Å². The molecule has 0 saturated carbocycles. The van der Waals surface area contributed by atoms with Gasteiger partial charge >= 0.3 is 5.69 Å². The van der Waals surface area contributed by atoms with E-state index in [-0.39, 0.29) is 26.7 Å². The van der Waals surface area contributed by atoms with Gasteiger partial charge in [0.1, 0.15) is 6.07 Å². The molecule has 32 heavy (non-hydrogen) atoms. The summed E-state index contributed by atoms with van der Waals surface area (Å²) in [4.78, 5) is 29.2. The lowest BCUT2D eigenvalue weighted by Gasteiger charge is -2.13. The minimum atomic E-state index is -4.07. The van der Waals surface area contributed by atoms with E-state index >= 15 is 0 Å². The van der Waals surface area contributed by atoms with Gasteiger partial charge in [0.15, 0.2) is 0 Å². The van der Waals surface area contributed by atoms with Crippen molar-refractivity contribution < 1.29 is 13.2 Å². The molecule has 0 unspecified atom stereocenters. The predicted molar refractivity (Wildman–Crippen MR) is 120 cm³/mol. The van der Waals surface area contributed by atoms with Crippen LogP contribution in [0.2, 0.25) is 5.02 Å². The van der Waals surface area contributed by atoms with Crippen molar-refractivity contribution in [3.8, 4) is 6.07 Å². The topological polar surface area (TPSA) is 148 Å². The average Bonchev–Trinajstić information content (AvgIpc) is 3.14. The van der Waals surface area contributed by atoms with Gasteiger partial charge in [0, 0.05) is 5.69 Å². The van der Waals surface area contributed by atoms with Crippen LogP contribution in [-0.2, 0) is 10.0 Å². The van der Waals surface area contributed by atoms with Gasteiger partial charge in [0.05, 0.1) is 37.8 Å². The molecule has 11 heteroatoms. The van der Waals surface area contributed by atoms with Gasteiger partial charge in [-0.3, -0.25) is 9.52 Å². The van der Waals surface area contributed by atoms with Crippen LogP contribution in [0.1, 0.15) is 15.9 Å². The molecule has 0 bridgehead atoms. The van der Waals surface area contributed by atoms with Crippen LogP contribution in [0, 0.1) is 11.3 Å². The fraction of sp³-hybridized carbons (Fsp3) is 0. The van der Waals surface area contributed by atoms with Gasteiger partial charge in [-0.05, 0) is 48.5 Å². The number of carbonyl (C=O) groups excluding carboxylic acids is 1. The Morgan fingerprint density at radius 1 is 1.00 bits per heavy atom. The lowest BCUT2D eigenvalue weighted by atomic mass is 10.1. The van der Waals surface area contributed by atoms with E-state index in [0.717, 1.165) is 0 Å². The zero-order chi connectivity index (χ0) is 22.9. The lowest BCUT2D eigenvalue weighted by Crippen LogP contribution is -2.18. The molecule has 1 amide bonds. The minimum absolute atomic E-state index is 0.0575. The van der Waals surface area contributed by atoms with Crippen molar-refractivity contribution in [2.75, 3.05) is 10.0 Å². The van der Waals surface area contributed by atoms with Crippen molar-refractivity contribution >= 4 is 49.9 Å². The summed E-state index contributed by atoms with van der Waals surface area (Å²) in [5.41, 5.74) is 0.995. The fourth-order valence-corrected chi connectivity index (χ4v) is 4.31. The van der Waals surface area contributed by atoms with E-state index in [1.807, 2.05) is 6.07 Å². The van der Waals surface area contributed by atoms with E-state index in [1.165, 1.54) is 48.5 Å². The monoisotopic (exact) mass is 467 g/mol. The maximum Gasteiger partial charge on any atom is 0.323 e. The molecule has 0 fully saturated rings. The standard InChI is InChI=1S/C21H14ClN5O4S/c22-16-7-5-13(9-12(16)11-23)24-20(28)15-3-1-2-4-17(15)27-32(30,31)14-6-8-18-19(10-14)26-21(29)25-18/h1-10,27H,(H,24,28)(H2,25,26,29). The molecule has 3 aromatic carbocycles. The molecule has 0 saturated heterocycles. The van der Waals surface area contributed by atoms with Crippen LogP contribution in [0.4, 0.5) is 11.4 Å². The number of hydrogen-bond donors (Lipinski definition) is 4. The number of sulfonamides is 1. The highest BCUT2D eigenvalue weighted by molar-refractivity contribution is 7.92. The zero-order valence-electron chi connectivity index (χ0n) is 16.1. The number of benzene rings is 3. The van der Waals surface area contributed by atoms with Crippen LogP contribution in [0.25, 0.3) is 11.0 Å². The van der Waals surface area contributed by atoms with Crippen molar-refractivity contribution in [2.24, 2.45) is 0 Å². The second-order valence-electron chi connectivity index (χ2n) is 6.70. The molecule has 9 nitrogen and oxygen atoms in total. The number of aromatic amines is 2. The fourth-order valence-electron chi connectivity index (χ4n) is 3.04. The quantitative estimate of drug-likeness (QED) is 0.355. The van der Waals surface area contributed by atoms with E-state index in [9.17, 15) is 18.0 Å². The van der Waals surface area contributed by atoms with E-state index < -0.39 is 21.6 Å². The second-order valence-corrected chi connectivity index (χ2v) is 8.79. The maximum atomic E-state index is 12.9. The van der Waals surface area contributed by atoms with Gasteiger partial charge in [0.2, 0.25) is 0 Å². The Morgan fingerprint density at radius 2 is 1.75 bits per heavy atom. The number of nitrogens with zero attached hydrogens (tertiary/aromatic N) is 1. The lowest BCUT2D eigenvalue weighted by molar-refractivity contribution is 0.102. The number of rotatable bonds is 5. The third kappa shape index (κ3) is 4.20. The first-order valence-corrected chi connectivity index (χ1v) is 11.0. The largest absolute Gasteiger partial charge is 0.323 e. The van der Waals surface area contributed by atoms with Gasteiger partial charge in [-0.2, -0.15) is 5.26 Å². The molecule has 4 aromatic rings. The molecule has 160 valence electrons. The number of hydrogen-bond acceptors (Lipinski definition) is 5. The number of amides is 1. The molecule has 0 spiro atoms. The van der Waals surface area contributed by atoms with Crippen molar-refractivity contribution in [2.45, 2.75) is 4.90 Å². The summed E-state index contributed by atoms with van der Waals surface area (Å²) in [6.45, 7) is 0. The molecule has 0 aliphatic carbocycles. The Bertz CT molecular complexity index is 1570. The van der Waals surface area contributed by atoms with Gasteiger partial charge in [-0.15, -0.1) is 0 Å². The highest BCUT2D eigenvalue weighted by atomic mass is 35.5. The number of imidazole rings is 1. The first-order chi connectivity index (χ1) is 15.3. The zero-order valence-corrected chi connectivity index (χ0v) is 17.7. The summed E-state index contributed by atoms with van der Waals surface area (Å²) in [7, 11) is -4.07. The third-order valence-electron chi connectivity index (χ3n) is 4.56. The summed E-state index contributed by atoms with van der Waals surface area (Å²) in [6, 6.07) is 16.5.